The Balaban J connectivity index is 1.81. The molecule has 6 heteroatoms. The van der Waals surface area contributed by atoms with Gasteiger partial charge in [-0.05, 0) is 25.8 Å². The van der Waals surface area contributed by atoms with E-state index in [1.165, 1.54) is 0 Å². The number of nitrogen functional groups attached to an aromatic ring is 1. The average Bonchev–Trinajstić information content (AvgIpc) is 2.98. The highest BCUT2D eigenvalue weighted by Crippen LogP contribution is 2.30. The van der Waals surface area contributed by atoms with Gasteiger partial charge < -0.3 is 20.1 Å². The number of amides is 1. The van der Waals surface area contributed by atoms with E-state index in [0.29, 0.717) is 42.1 Å². The number of anilines is 1. The molecule has 0 saturated carbocycles. The SMILES string of the molecule is CCCCOC(=O)N1CCC(COc2cc(N)cc(Cl)c2C)C1. The number of carbonyl (C=O) groups excluding carboxylic acids is 1. The maximum Gasteiger partial charge on any atom is 0.409 e. The number of likely N-dealkylation sites (tertiary alicyclic amines) is 1. The van der Waals surface area contributed by atoms with E-state index in [-0.39, 0.29) is 6.09 Å². The van der Waals surface area contributed by atoms with Gasteiger partial charge in [-0.25, -0.2) is 4.79 Å². The number of benzene rings is 1. The van der Waals surface area contributed by atoms with Crippen LogP contribution in [0.4, 0.5) is 10.5 Å². The lowest BCUT2D eigenvalue weighted by atomic mass is 10.1. The van der Waals surface area contributed by atoms with Gasteiger partial charge >= 0.3 is 6.09 Å². The van der Waals surface area contributed by atoms with Crippen molar-refractivity contribution in [3.05, 3.63) is 22.7 Å². The van der Waals surface area contributed by atoms with Gasteiger partial charge in [-0.1, -0.05) is 24.9 Å². The number of nitrogens with two attached hydrogens (primary N) is 1. The van der Waals surface area contributed by atoms with Gasteiger partial charge in [-0.3, -0.25) is 0 Å². The molecule has 1 amide bonds. The molecule has 1 aliphatic heterocycles. The standard InChI is InChI=1S/C17H25ClN2O3/c1-3-4-7-22-17(21)20-6-5-13(10-20)11-23-16-9-14(19)8-15(18)12(16)2/h8-9,13H,3-7,10-11,19H2,1-2H3. The predicted molar refractivity (Wildman–Crippen MR) is 92.0 cm³/mol. The van der Waals surface area contributed by atoms with Gasteiger partial charge in [-0.2, -0.15) is 0 Å². The third-order valence-electron chi connectivity index (χ3n) is 4.06. The molecule has 0 aliphatic carbocycles. The van der Waals surface area contributed by atoms with Crippen LogP contribution in [-0.2, 0) is 4.74 Å². The molecule has 0 aromatic heterocycles. The first-order valence-corrected chi connectivity index (χ1v) is 8.49. The minimum atomic E-state index is -0.218. The Kier molecular flexibility index (Phi) is 6.39. The molecule has 128 valence electrons. The van der Waals surface area contributed by atoms with E-state index < -0.39 is 0 Å². The summed E-state index contributed by atoms with van der Waals surface area (Å²) < 4.78 is 11.1. The van der Waals surface area contributed by atoms with Crippen LogP contribution in [0.15, 0.2) is 12.1 Å². The first-order chi connectivity index (χ1) is 11.0. The molecule has 0 bridgehead atoms. The number of ether oxygens (including phenoxy) is 2. The summed E-state index contributed by atoms with van der Waals surface area (Å²) in [4.78, 5) is 13.7. The van der Waals surface area contributed by atoms with Crippen molar-refractivity contribution < 1.29 is 14.3 Å². The van der Waals surface area contributed by atoms with Crippen LogP contribution >= 0.6 is 11.6 Å². The van der Waals surface area contributed by atoms with E-state index in [1.54, 1.807) is 17.0 Å². The lowest BCUT2D eigenvalue weighted by Gasteiger charge is -2.17. The molecule has 1 aromatic rings. The second kappa shape index (κ2) is 8.29. The highest BCUT2D eigenvalue weighted by Gasteiger charge is 2.27. The van der Waals surface area contributed by atoms with Crippen LogP contribution in [0, 0.1) is 12.8 Å². The third-order valence-corrected chi connectivity index (χ3v) is 4.45. The van der Waals surface area contributed by atoms with Gasteiger partial charge in [0.25, 0.3) is 0 Å². The molecule has 5 nitrogen and oxygen atoms in total. The van der Waals surface area contributed by atoms with Gasteiger partial charge in [0.2, 0.25) is 0 Å². The zero-order valence-electron chi connectivity index (χ0n) is 13.8. The Morgan fingerprint density at radius 1 is 1.48 bits per heavy atom. The zero-order chi connectivity index (χ0) is 16.8. The molecular formula is C17H25ClN2O3. The van der Waals surface area contributed by atoms with Gasteiger partial charge in [0, 0.05) is 41.3 Å². The Morgan fingerprint density at radius 2 is 2.26 bits per heavy atom. The van der Waals surface area contributed by atoms with Crippen molar-refractivity contribution in [2.45, 2.75) is 33.1 Å². The summed E-state index contributed by atoms with van der Waals surface area (Å²) in [6, 6.07) is 3.50. The molecule has 1 fully saturated rings. The number of hydrogen-bond donors (Lipinski definition) is 1. The molecule has 0 radical (unpaired) electrons. The molecule has 1 aromatic carbocycles. The summed E-state index contributed by atoms with van der Waals surface area (Å²) in [6.07, 6.45) is 2.62. The number of unbranched alkanes of at least 4 members (excludes halogenated alkanes) is 1. The summed E-state index contributed by atoms with van der Waals surface area (Å²) in [5, 5.41) is 0.604. The minimum absolute atomic E-state index is 0.218. The summed E-state index contributed by atoms with van der Waals surface area (Å²) in [5.74, 6) is 1.01. The zero-order valence-corrected chi connectivity index (χ0v) is 14.6. The van der Waals surface area contributed by atoms with Crippen molar-refractivity contribution in [3.8, 4) is 5.75 Å². The normalized spacial score (nSPS) is 17.3. The van der Waals surface area contributed by atoms with Gasteiger partial charge in [0.15, 0.2) is 0 Å². The van der Waals surface area contributed by atoms with Crippen LogP contribution in [-0.4, -0.2) is 37.3 Å². The van der Waals surface area contributed by atoms with E-state index in [4.69, 9.17) is 26.8 Å². The van der Waals surface area contributed by atoms with Gasteiger partial charge in [0.05, 0.1) is 13.2 Å². The molecular weight excluding hydrogens is 316 g/mol. The molecule has 2 rings (SSSR count). The number of nitrogens with zero attached hydrogens (tertiary/aromatic N) is 1. The van der Waals surface area contributed by atoms with Crippen LogP contribution in [0.5, 0.6) is 5.75 Å². The van der Waals surface area contributed by atoms with Gasteiger partial charge in [0.1, 0.15) is 5.75 Å². The highest BCUT2D eigenvalue weighted by molar-refractivity contribution is 6.31. The average molecular weight is 341 g/mol. The molecule has 1 atom stereocenters. The molecule has 2 N–H and O–H groups in total. The topological polar surface area (TPSA) is 64.8 Å². The summed E-state index contributed by atoms with van der Waals surface area (Å²) >= 11 is 6.11. The van der Waals surface area contributed by atoms with Crippen molar-refractivity contribution in [1.82, 2.24) is 4.90 Å². The Morgan fingerprint density at radius 3 is 3.00 bits per heavy atom. The molecule has 1 heterocycles. The number of carbonyl (C=O) groups is 1. The van der Waals surface area contributed by atoms with Gasteiger partial charge in [-0.15, -0.1) is 0 Å². The number of rotatable bonds is 6. The number of halogens is 1. The predicted octanol–water partition coefficient (Wildman–Crippen LogP) is 3.87. The minimum Gasteiger partial charge on any atom is -0.493 e. The Hall–Kier alpha value is -1.62. The van der Waals surface area contributed by atoms with E-state index in [0.717, 1.165) is 31.4 Å². The van der Waals surface area contributed by atoms with Crippen molar-refractivity contribution >= 4 is 23.4 Å². The van der Waals surface area contributed by atoms with E-state index in [2.05, 4.69) is 6.92 Å². The number of hydrogen-bond acceptors (Lipinski definition) is 4. The monoisotopic (exact) mass is 340 g/mol. The lowest BCUT2D eigenvalue weighted by molar-refractivity contribution is 0.107. The first kappa shape index (κ1) is 17.7. The maximum atomic E-state index is 11.9. The lowest BCUT2D eigenvalue weighted by Crippen LogP contribution is -2.30. The van der Waals surface area contributed by atoms with Crippen LogP contribution in [0.3, 0.4) is 0 Å². The van der Waals surface area contributed by atoms with Crippen molar-refractivity contribution in [2.75, 3.05) is 32.0 Å². The van der Waals surface area contributed by atoms with Crippen LogP contribution in [0.1, 0.15) is 31.7 Å². The highest BCUT2D eigenvalue weighted by atomic mass is 35.5. The molecule has 23 heavy (non-hydrogen) atoms. The Bertz CT molecular complexity index is 551. The van der Waals surface area contributed by atoms with E-state index in [1.807, 2.05) is 6.92 Å². The van der Waals surface area contributed by atoms with Crippen molar-refractivity contribution in [2.24, 2.45) is 5.92 Å². The van der Waals surface area contributed by atoms with E-state index in [9.17, 15) is 4.79 Å². The fourth-order valence-corrected chi connectivity index (χ4v) is 2.78. The largest absolute Gasteiger partial charge is 0.493 e. The summed E-state index contributed by atoms with van der Waals surface area (Å²) in [6.45, 7) is 6.40. The summed E-state index contributed by atoms with van der Waals surface area (Å²) in [5.41, 5.74) is 7.27. The first-order valence-electron chi connectivity index (χ1n) is 8.11. The van der Waals surface area contributed by atoms with Crippen LogP contribution in [0.25, 0.3) is 0 Å². The maximum absolute atomic E-state index is 11.9. The molecule has 1 unspecified atom stereocenters. The van der Waals surface area contributed by atoms with Crippen molar-refractivity contribution in [1.29, 1.82) is 0 Å². The van der Waals surface area contributed by atoms with Crippen LogP contribution < -0.4 is 10.5 Å². The second-order valence-corrected chi connectivity index (χ2v) is 6.41. The molecule has 1 saturated heterocycles. The molecule has 0 spiro atoms. The summed E-state index contributed by atoms with van der Waals surface area (Å²) in [7, 11) is 0. The van der Waals surface area contributed by atoms with Crippen LogP contribution in [0.2, 0.25) is 5.02 Å². The van der Waals surface area contributed by atoms with E-state index >= 15 is 0 Å². The fourth-order valence-electron chi connectivity index (χ4n) is 2.56. The second-order valence-electron chi connectivity index (χ2n) is 6.01. The quantitative estimate of drug-likeness (QED) is 0.630. The smallest absolute Gasteiger partial charge is 0.409 e. The fraction of sp³-hybridized carbons (Fsp3) is 0.588. The molecule has 1 aliphatic rings. The third kappa shape index (κ3) is 4.93. The Labute approximate surface area is 142 Å². The van der Waals surface area contributed by atoms with Crippen molar-refractivity contribution in [3.63, 3.8) is 0 Å².